The Hall–Kier alpha value is -0.250. The van der Waals surface area contributed by atoms with E-state index in [0.29, 0.717) is 6.04 Å². The van der Waals surface area contributed by atoms with Crippen molar-refractivity contribution in [3.05, 3.63) is 28.2 Å². The number of hydrogen-bond acceptors (Lipinski definition) is 2. The molecule has 3 rings (SSSR count). The summed E-state index contributed by atoms with van der Waals surface area (Å²) in [6, 6.07) is 7.33. The smallest absolute Gasteiger partial charge is 0.0456 e. The van der Waals surface area contributed by atoms with E-state index in [-0.39, 0.29) is 12.4 Å². The Morgan fingerprint density at radius 3 is 3.13 bits per heavy atom. The predicted molar refractivity (Wildman–Crippen MR) is 69.1 cm³/mol. The molecule has 0 radical (unpaired) electrons. The van der Waals surface area contributed by atoms with Crippen LogP contribution in [0.4, 0.5) is 5.69 Å². The number of benzene rings is 1. The van der Waals surface area contributed by atoms with E-state index >= 15 is 0 Å². The molecule has 0 aliphatic carbocycles. The largest absolute Gasteiger partial charge is 0.365 e. The van der Waals surface area contributed by atoms with E-state index in [4.69, 9.17) is 0 Å². The van der Waals surface area contributed by atoms with E-state index in [2.05, 4.69) is 44.3 Å². The fourth-order valence-corrected chi connectivity index (χ4v) is 2.92. The number of hydrogen-bond donors (Lipinski definition) is 1. The second-order valence-electron chi connectivity index (χ2n) is 4.03. The van der Waals surface area contributed by atoms with Crippen LogP contribution in [0, 0.1) is 0 Å². The summed E-state index contributed by atoms with van der Waals surface area (Å²) in [5.74, 6) is 0. The van der Waals surface area contributed by atoms with Gasteiger partial charge in [-0.25, -0.2) is 0 Å². The zero-order valence-corrected chi connectivity index (χ0v) is 10.8. The number of fused-ring (bicyclic) bond motifs is 3. The summed E-state index contributed by atoms with van der Waals surface area (Å²) < 4.78 is 1.20. The number of rotatable bonds is 0. The quantitative estimate of drug-likeness (QED) is 0.788. The van der Waals surface area contributed by atoms with Gasteiger partial charge in [-0.05, 0) is 30.2 Å². The molecule has 0 saturated carbocycles. The van der Waals surface area contributed by atoms with Crippen molar-refractivity contribution in [1.29, 1.82) is 0 Å². The first-order chi connectivity index (χ1) is 6.84. The summed E-state index contributed by atoms with van der Waals surface area (Å²) in [6.45, 7) is 3.40. The number of halogens is 2. The van der Waals surface area contributed by atoms with Gasteiger partial charge in [-0.2, -0.15) is 0 Å². The number of nitrogens with zero attached hydrogens (tertiary/aromatic N) is 1. The summed E-state index contributed by atoms with van der Waals surface area (Å²) in [5.41, 5.74) is 2.94. The molecule has 4 heteroatoms. The molecule has 15 heavy (non-hydrogen) atoms. The van der Waals surface area contributed by atoms with Gasteiger partial charge in [-0.15, -0.1) is 12.4 Å². The fourth-order valence-electron chi connectivity index (χ4n) is 2.51. The number of piperazine rings is 1. The maximum Gasteiger partial charge on any atom is 0.0456 e. The van der Waals surface area contributed by atoms with Crippen LogP contribution < -0.4 is 10.2 Å². The highest BCUT2D eigenvalue weighted by Gasteiger charge is 2.30. The van der Waals surface area contributed by atoms with Crippen molar-refractivity contribution in [2.24, 2.45) is 0 Å². The molecule has 0 bridgehead atoms. The van der Waals surface area contributed by atoms with Crippen molar-refractivity contribution >= 4 is 34.0 Å². The van der Waals surface area contributed by atoms with Gasteiger partial charge < -0.3 is 10.2 Å². The minimum absolute atomic E-state index is 0. The second-order valence-corrected chi connectivity index (χ2v) is 4.94. The molecule has 1 unspecified atom stereocenters. The van der Waals surface area contributed by atoms with Crippen LogP contribution in [0.15, 0.2) is 22.7 Å². The van der Waals surface area contributed by atoms with E-state index in [1.165, 1.54) is 22.1 Å². The number of nitrogens with one attached hydrogen (secondary N) is 1. The van der Waals surface area contributed by atoms with Crippen molar-refractivity contribution in [1.82, 2.24) is 5.32 Å². The molecule has 1 N–H and O–H groups in total. The molecular weight excluding hydrogens is 275 g/mol. The molecule has 0 spiro atoms. The average Bonchev–Trinajstić information content (AvgIpc) is 2.54. The van der Waals surface area contributed by atoms with Gasteiger partial charge in [0.05, 0.1) is 0 Å². The Balaban J connectivity index is 0.000000853. The standard InChI is InChI=1S/C11H13BrN2.ClH/c12-9-1-2-11-8(5-9)6-10-7-13-3-4-14(10)11;/h1-2,5,10,13H,3-4,6-7H2;1H. The molecule has 2 aliphatic rings. The monoisotopic (exact) mass is 288 g/mol. The average molecular weight is 290 g/mol. The topological polar surface area (TPSA) is 15.3 Å². The van der Waals surface area contributed by atoms with Crippen molar-refractivity contribution in [3.8, 4) is 0 Å². The van der Waals surface area contributed by atoms with Crippen LogP contribution in [-0.4, -0.2) is 25.7 Å². The van der Waals surface area contributed by atoms with Crippen molar-refractivity contribution in [2.45, 2.75) is 12.5 Å². The lowest BCUT2D eigenvalue weighted by atomic mass is 10.1. The highest BCUT2D eigenvalue weighted by molar-refractivity contribution is 9.10. The molecule has 1 atom stereocenters. The fraction of sp³-hybridized carbons (Fsp3) is 0.455. The van der Waals surface area contributed by atoms with Gasteiger partial charge in [0, 0.05) is 35.8 Å². The lowest BCUT2D eigenvalue weighted by Gasteiger charge is -2.32. The van der Waals surface area contributed by atoms with Crippen molar-refractivity contribution < 1.29 is 0 Å². The van der Waals surface area contributed by atoms with Gasteiger partial charge in [0.25, 0.3) is 0 Å². The normalized spacial score (nSPS) is 23.0. The maximum atomic E-state index is 3.53. The lowest BCUT2D eigenvalue weighted by molar-refractivity contribution is 0.495. The third-order valence-corrected chi connectivity index (χ3v) is 3.65. The van der Waals surface area contributed by atoms with Gasteiger partial charge in [0.2, 0.25) is 0 Å². The Bertz CT molecular complexity index is 370. The van der Waals surface area contributed by atoms with E-state index in [1.807, 2.05) is 0 Å². The third-order valence-electron chi connectivity index (χ3n) is 3.16. The molecular formula is C11H14BrClN2. The predicted octanol–water partition coefficient (Wildman–Crippen LogP) is 2.21. The van der Waals surface area contributed by atoms with Gasteiger partial charge >= 0.3 is 0 Å². The molecule has 1 fully saturated rings. The van der Waals surface area contributed by atoms with Crippen LogP contribution in [0.5, 0.6) is 0 Å². The SMILES string of the molecule is Brc1ccc2c(c1)CC1CNCCN21.Cl. The van der Waals surface area contributed by atoms with Gasteiger partial charge in [0.1, 0.15) is 0 Å². The summed E-state index contributed by atoms with van der Waals surface area (Å²) in [6.07, 6.45) is 1.20. The molecule has 1 aromatic rings. The van der Waals surface area contributed by atoms with E-state index < -0.39 is 0 Å². The minimum atomic E-state index is 0. The zero-order chi connectivity index (χ0) is 9.54. The highest BCUT2D eigenvalue weighted by atomic mass is 79.9. The van der Waals surface area contributed by atoms with E-state index in [9.17, 15) is 0 Å². The van der Waals surface area contributed by atoms with Crippen LogP contribution in [0.1, 0.15) is 5.56 Å². The third kappa shape index (κ3) is 1.88. The van der Waals surface area contributed by atoms with Gasteiger partial charge in [-0.3, -0.25) is 0 Å². The van der Waals surface area contributed by atoms with Crippen molar-refractivity contribution in [2.75, 3.05) is 24.5 Å². The Labute approximate surface area is 105 Å². The molecule has 2 heterocycles. The summed E-state index contributed by atoms with van der Waals surface area (Å²) in [7, 11) is 0. The van der Waals surface area contributed by atoms with Crippen LogP contribution in [0.25, 0.3) is 0 Å². The van der Waals surface area contributed by atoms with Crippen LogP contribution in [0.2, 0.25) is 0 Å². The Morgan fingerprint density at radius 2 is 2.27 bits per heavy atom. The Morgan fingerprint density at radius 1 is 1.40 bits per heavy atom. The van der Waals surface area contributed by atoms with E-state index in [1.54, 1.807) is 0 Å². The molecule has 2 aliphatic heterocycles. The molecule has 1 aromatic carbocycles. The zero-order valence-electron chi connectivity index (χ0n) is 8.37. The highest BCUT2D eigenvalue weighted by Crippen LogP contribution is 2.34. The summed E-state index contributed by atoms with van der Waals surface area (Å²) in [5, 5.41) is 3.45. The van der Waals surface area contributed by atoms with E-state index in [0.717, 1.165) is 19.6 Å². The van der Waals surface area contributed by atoms with Crippen LogP contribution in [-0.2, 0) is 6.42 Å². The van der Waals surface area contributed by atoms with Gasteiger partial charge in [-0.1, -0.05) is 15.9 Å². The molecule has 82 valence electrons. The van der Waals surface area contributed by atoms with Crippen LogP contribution in [0.3, 0.4) is 0 Å². The molecule has 2 nitrogen and oxygen atoms in total. The van der Waals surface area contributed by atoms with Crippen molar-refractivity contribution in [3.63, 3.8) is 0 Å². The molecule has 0 amide bonds. The first-order valence-corrected chi connectivity index (χ1v) is 5.90. The molecule has 1 saturated heterocycles. The van der Waals surface area contributed by atoms with Gasteiger partial charge in [0.15, 0.2) is 0 Å². The summed E-state index contributed by atoms with van der Waals surface area (Å²) >= 11 is 3.53. The first kappa shape index (κ1) is 11.2. The lowest BCUT2D eigenvalue weighted by Crippen LogP contribution is -2.49. The summed E-state index contributed by atoms with van der Waals surface area (Å²) in [4.78, 5) is 2.54. The second kappa shape index (κ2) is 4.32. The molecule has 0 aromatic heterocycles. The maximum absolute atomic E-state index is 3.53. The Kier molecular flexibility index (Phi) is 3.24. The minimum Gasteiger partial charge on any atom is -0.365 e. The first-order valence-electron chi connectivity index (χ1n) is 5.10. The number of anilines is 1. The van der Waals surface area contributed by atoms with Crippen LogP contribution >= 0.6 is 28.3 Å².